The van der Waals surface area contributed by atoms with Crippen LogP contribution < -0.4 is 0 Å². The zero-order chi connectivity index (χ0) is 12.5. The van der Waals surface area contributed by atoms with Gasteiger partial charge in [-0.15, -0.1) is 0 Å². The number of thioether (sulfide) groups is 1. The third-order valence-electron chi connectivity index (χ3n) is 2.27. The van der Waals surface area contributed by atoms with Crippen LogP contribution in [0.5, 0.6) is 0 Å². The molecule has 0 aromatic carbocycles. The molecule has 122 valence electrons. The van der Waals surface area contributed by atoms with Crippen molar-refractivity contribution in [3.05, 3.63) is 10.6 Å². The number of fused-ring (bicyclic) bond motifs is 1. The van der Waals surface area contributed by atoms with Gasteiger partial charge in [-0.3, -0.25) is 0 Å². The zero-order valence-corrected chi connectivity index (χ0v) is 41.3. The number of hydrogen-bond donors (Lipinski definition) is 0. The van der Waals surface area contributed by atoms with Crippen LogP contribution >= 0.6 is 11.8 Å². The zero-order valence-electron chi connectivity index (χ0n) is 11.1. The summed E-state index contributed by atoms with van der Waals surface area (Å²) in [7, 11) is 0. The maximum absolute atomic E-state index is 12.0. The molecule has 0 bridgehead atoms. The van der Waals surface area contributed by atoms with Gasteiger partial charge in [-0.05, 0) is 0 Å². The Labute approximate surface area is 263 Å². The Morgan fingerprint density at radius 2 is 1.41 bits per heavy atom. The van der Waals surface area contributed by atoms with Crippen LogP contribution in [-0.4, -0.2) is 24.5 Å². The van der Waals surface area contributed by atoms with Crippen LogP contribution in [0.25, 0.3) is 0 Å². The number of hydrogen-bond acceptors (Lipinski definition) is 3. The molecule has 0 aromatic rings. The molecule has 13 heteroatoms. The normalized spacial score (nSPS) is 14.0. The third kappa shape index (κ3) is 10.8. The monoisotopic (exact) mass is 2020 g/mol. The number of ketones is 1. The number of carbonyl (C=O) groups is 1. The van der Waals surface area contributed by atoms with Crippen LogP contribution in [0.15, 0.2) is 10.6 Å². The molecule has 2 aliphatic rings. The first-order valence-corrected chi connectivity index (χ1v) is 19.4. The van der Waals surface area contributed by atoms with Crippen molar-refractivity contribution in [2.24, 2.45) is 5.92 Å². The van der Waals surface area contributed by atoms with Gasteiger partial charge in [0.05, 0.1) is 0 Å². The Hall–Kier alpha value is 6.18. The fourth-order valence-corrected chi connectivity index (χ4v) is 4.84. The molecule has 0 saturated carbocycles. The minimum atomic E-state index is 0. The van der Waals surface area contributed by atoms with E-state index in [-0.39, 0.29) is 126 Å². The average molecular weight is 2020 g/mol. The molecule has 2 rings (SSSR count). The first kappa shape index (κ1) is 42.3. The molecule has 0 unspecified atom stereocenters. The van der Waals surface area contributed by atoms with Crippen LogP contribution in [-0.2, 0) is 202 Å². The van der Waals surface area contributed by atoms with E-state index in [0.717, 1.165) is 15.3 Å². The van der Waals surface area contributed by atoms with Gasteiger partial charge in [0.25, 0.3) is 0 Å². The molecular formula is C9H9NOSW10. The van der Waals surface area contributed by atoms with Crippen LogP contribution in [0.3, 0.4) is 0 Å². The van der Waals surface area contributed by atoms with E-state index in [2.05, 4.69) is 18.7 Å². The summed E-state index contributed by atoms with van der Waals surface area (Å²) >= 11 is 7.87. The van der Waals surface area contributed by atoms with Gasteiger partial charge in [-0.1, -0.05) is 0 Å². The van der Waals surface area contributed by atoms with Crippen LogP contribution in [0.4, 0.5) is 0 Å². The van der Waals surface area contributed by atoms with E-state index in [1.165, 1.54) is 47.8 Å². The van der Waals surface area contributed by atoms with Crippen molar-refractivity contribution in [3.8, 4) is 0 Å². The van der Waals surface area contributed by atoms with Crippen molar-refractivity contribution < 1.29 is 202 Å². The molecule has 0 aliphatic carbocycles. The van der Waals surface area contributed by atoms with Gasteiger partial charge in [-0.25, -0.2) is 0 Å². The molecule has 2 aliphatic heterocycles. The predicted molar refractivity (Wildman–Crippen MR) is 51.2 cm³/mol. The van der Waals surface area contributed by atoms with Crippen LogP contribution in [0, 0.1) is 5.92 Å². The van der Waals surface area contributed by atoms with Crippen molar-refractivity contribution in [2.45, 2.75) is 13.8 Å². The van der Waals surface area contributed by atoms with Gasteiger partial charge < -0.3 is 0 Å². The summed E-state index contributed by atoms with van der Waals surface area (Å²) in [6, 6.07) is 0. The molecular weight excluding hydrogens is 2010 g/mol. The van der Waals surface area contributed by atoms with Crippen molar-refractivity contribution in [3.63, 3.8) is 0 Å². The first-order valence-electron chi connectivity index (χ1n) is 4.48. The molecule has 1 fully saturated rings. The molecule has 0 N–H and O–H groups in total. The van der Waals surface area contributed by atoms with Gasteiger partial charge in [-0.2, -0.15) is 0 Å². The van der Waals surface area contributed by atoms with E-state index in [4.69, 9.17) is 0 Å². The van der Waals surface area contributed by atoms with E-state index in [9.17, 15) is 4.79 Å². The first-order chi connectivity index (χ1) is 7.54. The second kappa shape index (κ2) is 21.9. The Morgan fingerprint density at radius 3 is 1.68 bits per heavy atom. The Kier molecular flexibility index (Phi) is 42.1. The molecule has 22 heavy (non-hydrogen) atoms. The number of carbonyl (C=O) groups excluding carboxylic acids is 1. The minimum absolute atomic E-state index is 0. The van der Waals surface area contributed by atoms with Crippen molar-refractivity contribution >= 4 is 25.5 Å². The maximum atomic E-state index is 12.0. The summed E-state index contributed by atoms with van der Waals surface area (Å²) < 4.78 is 2.29. The van der Waals surface area contributed by atoms with Crippen molar-refractivity contribution in [1.29, 1.82) is 0 Å². The molecule has 2 nitrogen and oxygen atoms in total. The SMILES string of the molecule is CC(C)C1=C2SCN2[C](=[W])[C](=[W])C1=O.[W].[W].[W].[W].[W].[W].[W]=[W]. The molecule has 0 amide bonds. The molecule has 2 heterocycles. The standard InChI is InChI=1S/C9H9NOS.10W/c1-6(2)8-7(11)3-4-10-5-12-9(8)10;;;;;;;;;;/h6H,5H2,1-2H3;;;;;;;;;;. The third-order valence-corrected chi connectivity index (χ3v) is 8.28. The molecule has 0 aromatic heterocycles. The van der Waals surface area contributed by atoms with E-state index in [1.54, 1.807) is 32.4 Å². The van der Waals surface area contributed by atoms with E-state index >= 15 is 0 Å². The summed E-state index contributed by atoms with van der Waals surface area (Å²) in [5.74, 6) is 1.69. The fourth-order valence-electron chi connectivity index (χ4n) is 1.52. The quantitative estimate of drug-likeness (QED) is 0.389. The number of allylic oxidation sites excluding steroid dienone is 1. The molecule has 1 saturated heterocycles. The summed E-state index contributed by atoms with van der Waals surface area (Å²) in [5.41, 5.74) is 1.04. The number of rotatable bonds is 1. The summed E-state index contributed by atoms with van der Waals surface area (Å²) in [4.78, 5) is 14.4. The number of Topliss-reactive ketones (excluding diaryl/α,β-unsaturated/α-hetero) is 1. The van der Waals surface area contributed by atoms with Gasteiger partial charge in [0.1, 0.15) is 0 Å². The van der Waals surface area contributed by atoms with Crippen LogP contribution in [0.1, 0.15) is 13.8 Å². The average Bonchev–Trinajstić information content (AvgIpc) is 2.22. The summed E-state index contributed by atoms with van der Waals surface area (Å²) in [6.45, 7) is 4.21. The van der Waals surface area contributed by atoms with E-state index in [1.807, 2.05) is 11.8 Å². The Balaban J connectivity index is -0.0000000770. The molecule has 0 radical (unpaired) electrons. The van der Waals surface area contributed by atoms with E-state index < -0.39 is 0 Å². The topological polar surface area (TPSA) is 20.3 Å². The van der Waals surface area contributed by atoms with Gasteiger partial charge in [0.15, 0.2) is 0 Å². The van der Waals surface area contributed by atoms with Crippen molar-refractivity contribution in [2.75, 3.05) is 5.88 Å². The fraction of sp³-hybridized carbons (Fsp3) is 0.444. The second-order valence-electron chi connectivity index (χ2n) is 3.54. The van der Waals surface area contributed by atoms with Crippen LogP contribution in [0.2, 0.25) is 0 Å². The summed E-state index contributed by atoms with van der Waals surface area (Å²) in [5, 5.41) is 1.22. The Morgan fingerprint density at radius 1 is 1.00 bits per heavy atom. The molecule has 0 atom stereocenters. The van der Waals surface area contributed by atoms with Gasteiger partial charge >= 0.3 is 143 Å². The van der Waals surface area contributed by atoms with Gasteiger partial charge in [0, 0.05) is 126 Å². The second-order valence-corrected chi connectivity index (χ2v) is 7.33. The van der Waals surface area contributed by atoms with E-state index in [0.29, 0.717) is 11.7 Å². The van der Waals surface area contributed by atoms with Crippen molar-refractivity contribution in [1.82, 2.24) is 4.90 Å². The summed E-state index contributed by atoms with van der Waals surface area (Å²) in [6.07, 6.45) is 0. The molecule has 0 spiro atoms. The predicted octanol–water partition coefficient (Wildman–Crippen LogP) is 0.819. The number of nitrogens with zero attached hydrogens (tertiary/aromatic N) is 1. The van der Waals surface area contributed by atoms with Gasteiger partial charge in [0.2, 0.25) is 0 Å². The Bertz CT molecular complexity index is 413.